The lowest BCUT2D eigenvalue weighted by Gasteiger charge is -2.35. The zero-order valence-electron chi connectivity index (χ0n) is 10.8. The summed E-state index contributed by atoms with van der Waals surface area (Å²) < 4.78 is 0. The normalized spacial score (nSPS) is 20.1. The molecule has 0 saturated carbocycles. The molecule has 2 nitrogen and oxygen atoms in total. The van der Waals surface area contributed by atoms with Crippen molar-refractivity contribution in [3.8, 4) is 0 Å². The van der Waals surface area contributed by atoms with Gasteiger partial charge in [-0.1, -0.05) is 22.9 Å². The first-order valence-corrected chi connectivity index (χ1v) is 8.65. The quantitative estimate of drug-likeness (QED) is 0.762. The van der Waals surface area contributed by atoms with E-state index in [1.807, 2.05) is 6.07 Å². The van der Waals surface area contributed by atoms with Crippen molar-refractivity contribution >= 4 is 33.2 Å². The van der Waals surface area contributed by atoms with Crippen molar-refractivity contribution in [3.63, 3.8) is 0 Å². The Morgan fingerprint density at radius 2 is 2.33 bits per heavy atom. The van der Waals surface area contributed by atoms with Crippen LogP contribution in [0, 0.1) is 0 Å². The molecule has 0 spiro atoms. The predicted octanol–water partition coefficient (Wildman–Crippen LogP) is 4.09. The zero-order chi connectivity index (χ0) is 13.0. The van der Waals surface area contributed by atoms with E-state index in [9.17, 15) is 4.79 Å². The molecule has 1 atom stereocenters. The maximum absolute atomic E-state index is 12.5. The summed E-state index contributed by atoms with van der Waals surface area (Å²) in [5.41, 5.74) is 0. The van der Waals surface area contributed by atoms with E-state index in [2.05, 4.69) is 33.8 Å². The molecule has 0 aromatic carbocycles. The second kappa shape index (κ2) is 6.71. The molecule has 4 heteroatoms. The minimum atomic E-state index is 0.241. The number of piperidine rings is 1. The van der Waals surface area contributed by atoms with Gasteiger partial charge in [0.05, 0.1) is 4.88 Å². The van der Waals surface area contributed by atoms with Crippen LogP contribution in [0.5, 0.6) is 0 Å². The van der Waals surface area contributed by atoms with E-state index in [1.165, 1.54) is 11.3 Å². The molecule has 0 radical (unpaired) electrons. The number of aryl methyl sites for hydroxylation is 1. The summed E-state index contributed by atoms with van der Waals surface area (Å²) in [6.45, 7) is 3.06. The van der Waals surface area contributed by atoms with Crippen molar-refractivity contribution in [2.45, 2.75) is 45.1 Å². The highest BCUT2D eigenvalue weighted by molar-refractivity contribution is 9.09. The molecule has 2 rings (SSSR count). The van der Waals surface area contributed by atoms with Crippen LogP contribution in [0.2, 0.25) is 0 Å². The number of rotatable bonds is 4. The van der Waals surface area contributed by atoms with Crippen LogP contribution in [0.3, 0.4) is 0 Å². The van der Waals surface area contributed by atoms with Crippen LogP contribution in [0.25, 0.3) is 0 Å². The molecular weight excluding hydrogens is 310 g/mol. The summed E-state index contributed by atoms with van der Waals surface area (Å²) in [6, 6.07) is 4.50. The Balaban J connectivity index is 2.10. The molecule has 1 amide bonds. The third kappa shape index (κ3) is 3.15. The number of carbonyl (C=O) groups is 1. The lowest BCUT2D eigenvalue weighted by atomic mass is 10.00. The van der Waals surface area contributed by atoms with E-state index in [0.29, 0.717) is 6.04 Å². The smallest absolute Gasteiger partial charge is 0.264 e. The Kier molecular flexibility index (Phi) is 5.25. The second-order valence-electron chi connectivity index (χ2n) is 4.75. The Hall–Kier alpha value is -0.350. The van der Waals surface area contributed by atoms with Crippen LogP contribution < -0.4 is 0 Å². The number of amides is 1. The van der Waals surface area contributed by atoms with Gasteiger partial charge in [-0.3, -0.25) is 4.79 Å². The summed E-state index contributed by atoms with van der Waals surface area (Å²) in [4.78, 5) is 16.8. The lowest BCUT2D eigenvalue weighted by molar-refractivity contribution is 0.0615. The first-order chi connectivity index (χ1) is 8.76. The van der Waals surface area contributed by atoms with Gasteiger partial charge in [0, 0.05) is 22.8 Å². The standard InChI is InChI=1S/C14H20BrNOS/c1-2-12-6-7-13(18-12)14(17)16-10-4-3-5-11(16)8-9-15/h6-7,11H,2-5,8-10H2,1H3. The Labute approximate surface area is 122 Å². The maximum atomic E-state index is 12.5. The van der Waals surface area contributed by atoms with E-state index >= 15 is 0 Å². The average molecular weight is 330 g/mol. The number of halogens is 1. The fourth-order valence-electron chi connectivity index (χ4n) is 2.52. The van der Waals surface area contributed by atoms with Crippen molar-refractivity contribution < 1.29 is 4.79 Å². The van der Waals surface area contributed by atoms with Crippen LogP contribution in [0.1, 0.15) is 47.2 Å². The highest BCUT2D eigenvalue weighted by Gasteiger charge is 2.27. The minimum Gasteiger partial charge on any atom is -0.335 e. The molecule has 1 aliphatic heterocycles. The number of nitrogens with zero attached hydrogens (tertiary/aromatic N) is 1. The summed E-state index contributed by atoms with van der Waals surface area (Å²) in [7, 11) is 0. The Bertz CT molecular complexity index is 402. The molecular formula is C14H20BrNOS. The zero-order valence-corrected chi connectivity index (χ0v) is 13.2. The van der Waals surface area contributed by atoms with Gasteiger partial charge >= 0.3 is 0 Å². The first-order valence-electron chi connectivity index (χ1n) is 6.72. The number of alkyl halides is 1. The Morgan fingerprint density at radius 1 is 1.50 bits per heavy atom. The second-order valence-corrected chi connectivity index (χ2v) is 6.71. The topological polar surface area (TPSA) is 20.3 Å². The van der Waals surface area contributed by atoms with Gasteiger partial charge in [0.25, 0.3) is 5.91 Å². The predicted molar refractivity (Wildman–Crippen MR) is 80.8 cm³/mol. The van der Waals surface area contributed by atoms with Gasteiger partial charge in [-0.05, 0) is 44.2 Å². The van der Waals surface area contributed by atoms with Gasteiger partial charge in [-0.25, -0.2) is 0 Å². The third-order valence-corrected chi connectivity index (χ3v) is 5.23. The van der Waals surface area contributed by atoms with Gasteiger partial charge in [0.2, 0.25) is 0 Å². The van der Waals surface area contributed by atoms with Crippen molar-refractivity contribution in [2.75, 3.05) is 11.9 Å². The van der Waals surface area contributed by atoms with Crippen LogP contribution in [0.15, 0.2) is 12.1 Å². The third-order valence-electron chi connectivity index (χ3n) is 3.55. The largest absolute Gasteiger partial charge is 0.335 e. The number of hydrogen-bond acceptors (Lipinski definition) is 2. The van der Waals surface area contributed by atoms with E-state index in [-0.39, 0.29) is 5.91 Å². The molecule has 1 unspecified atom stereocenters. The molecule has 1 aromatic rings. The highest BCUT2D eigenvalue weighted by atomic mass is 79.9. The van der Waals surface area contributed by atoms with Gasteiger partial charge in [-0.2, -0.15) is 0 Å². The monoisotopic (exact) mass is 329 g/mol. The molecule has 2 heterocycles. The molecule has 0 bridgehead atoms. The number of hydrogen-bond donors (Lipinski definition) is 0. The van der Waals surface area contributed by atoms with Crippen LogP contribution in [-0.2, 0) is 6.42 Å². The molecule has 0 aliphatic carbocycles. The van der Waals surface area contributed by atoms with Crippen LogP contribution >= 0.6 is 27.3 Å². The highest BCUT2D eigenvalue weighted by Crippen LogP contribution is 2.25. The maximum Gasteiger partial charge on any atom is 0.264 e. The van der Waals surface area contributed by atoms with E-state index < -0.39 is 0 Å². The van der Waals surface area contributed by atoms with Gasteiger partial charge < -0.3 is 4.90 Å². The summed E-state index contributed by atoms with van der Waals surface area (Å²) in [6.07, 6.45) is 5.65. The van der Waals surface area contributed by atoms with Crippen LogP contribution in [-0.4, -0.2) is 28.7 Å². The van der Waals surface area contributed by atoms with Crippen molar-refractivity contribution in [1.29, 1.82) is 0 Å². The molecule has 100 valence electrons. The summed E-state index contributed by atoms with van der Waals surface area (Å²) in [5.74, 6) is 0.241. The van der Waals surface area contributed by atoms with Gasteiger partial charge in [0.1, 0.15) is 0 Å². The molecule has 1 saturated heterocycles. The van der Waals surface area contributed by atoms with E-state index in [0.717, 1.165) is 42.4 Å². The molecule has 1 aromatic heterocycles. The van der Waals surface area contributed by atoms with Crippen molar-refractivity contribution in [2.24, 2.45) is 0 Å². The number of likely N-dealkylation sites (tertiary alicyclic amines) is 1. The molecule has 1 fully saturated rings. The molecule has 1 aliphatic rings. The Morgan fingerprint density at radius 3 is 3.00 bits per heavy atom. The first kappa shape index (κ1) is 14.1. The minimum absolute atomic E-state index is 0.241. The van der Waals surface area contributed by atoms with Crippen molar-refractivity contribution in [3.05, 3.63) is 21.9 Å². The summed E-state index contributed by atoms with van der Waals surface area (Å²) >= 11 is 5.15. The average Bonchev–Trinajstić information content (AvgIpc) is 2.88. The molecule has 18 heavy (non-hydrogen) atoms. The van der Waals surface area contributed by atoms with E-state index in [1.54, 1.807) is 11.3 Å². The van der Waals surface area contributed by atoms with Crippen LogP contribution in [0.4, 0.5) is 0 Å². The number of carbonyl (C=O) groups excluding carboxylic acids is 1. The number of thiophene rings is 1. The lowest BCUT2D eigenvalue weighted by Crippen LogP contribution is -2.43. The van der Waals surface area contributed by atoms with Crippen molar-refractivity contribution in [1.82, 2.24) is 4.90 Å². The fraction of sp³-hybridized carbons (Fsp3) is 0.643. The van der Waals surface area contributed by atoms with E-state index in [4.69, 9.17) is 0 Å². The molecule has 0 N–H and O–H groups in total. The summed E-state index contributed by atoms with van der Waals surface area (Å²) in [5, 5.41) is 0.978. The van der Waals surface area contributed by atoms with Gasteiger partial charge in [-0.15, -0.1) is 11.3 Å². The SMILES string of the molecule is CCc1ccc(C(=O)N2CCCCC2CCBr)s1. The fourth-order valence-corrected chi connectivity index (χ4v) is 3.95. The van der Waals surface area contributed by atoms with Gasteiger partial charge in [0.15, 0.2) is 0 Å².